The van der Waals surface area contributed by atoms with Gasteiger partial charge in [-0.2, -0.15) is 0 Å². The Hall–Kier alpha value is -1.65. The molecule has 5 nitrogen and oxygen atoms in total. The summed E-state index contributed by atoms with van der Waals surface area (Å²) in [4.78, 5) is 34.6. The number of ether oxygens (including phenoxy) is 1. The van der Waals surface area contributed by atoms with E-state index >= 15 is 0 Å². The lowest BCUT2D eigenvalue weighted by Gasteiger charge is -2.12. The number of hydrogen-bond acceptors (Lipinski definition) is 4. The Morgan fingerprint density at radius 2 is 1.68 bits per heavy atom. The highest BCUT2D eigenvalue weighted by Gasteiger charge is 2.22. The largest absolute Gasteiger partial charge is 0.466 e. The van der Waals surface area contributed by atoms with Crippen molar-refractivity contribution in [2.45, 2.75) is 46.5 Å². The van der Waals surface area contributed by atoms with E-state index in [2.05, 4.69) is 0 Å². The molecule has 1 rings (SSSR count). The van der Waals surface area contributed by atoms with Crippen LogP contribution in [0.15, 0.2) is 12.2 Å². The van der Waals surface area contributed by atoms with Crippen LogP contribution in [0, 0.1) is 0 Å². The van der Waals surface area contributed by atoms with Gasteiger partial charge in [-0.3, -0.25) is 19.3 Å². The lowest BCUT2D eigenvalue weighted by Crippen LogP contribution is -2.30. The van der Waals surface area contributed by atoms with Crippen molar-refractivity contribution in [2.75, 3.05) is 13.2 Å². The molecule has 0 fully saturated rings. The van der Waals surface area contributed by atoms with Crippen LogP contribution < -0.4 is 0 Å². The van der Waals surface area contributed by atoms with Crippen molar-refractivity contribution in [1.82, 2.24) is 4.90 Å². The summed E-state index contributed by atoms with van der Waals surface area (Å²) in [7, 11) is 0. The summed E-state index contributed by atoms with van der Waals surface area (Å²) < 4.78 is 4.79. The second kappa shape index (κ2) is 10.3. The predicted molar refractivity (Wildman–Crippen MR) is 72.3 cm³/mol. The van der Waals surface area contributed by atoms with E-state index in [1.165, 1.54) is 17.1 Å². The normalized spacial score (nSPS) is 13.3. The SMILES string of the molecule is CC.CCOC(=O)CCCCCN1C(=O)C=CC1=O. The van der Waals surface area contributed by atoms with Gasteiger partial charge in [0.25, 0.3) is 11.8 Å². The number of esters is 1. The molecule has 0 bridgehead atoms. The average Bonchev–Trinajstić information content (AvgIpc) is 2.72. The Labute approximate surface area is 114 Å². The minimum absolute atomic E-state index is 0.192. The van der Waals surface area contributed by atoms with Gasteiger partial charge in [0.15, 0.2) is 0 Å². The van der Waals surface area contributed by atoms with Crippen LogP contribution >= 0.6 is 0 Å². The maximum absolute atomic E-state index is 11.2. The maximum Gasteiger partial charge on any atom is 0.305 e. The van der Waals surface area contributed by atoms with Crippen molar-refractivity contribution in [3.05, 3.63) is 12.2 Å². The van der Waals surface area contributed by atoms with Crippen LogP contribution in [-0.4, -0.2) is 35.8 Å². The predicted octanol–water partition coefficient (Wildman–Crippen LogP) is 2.06. The van der Waals surface area contributed by atoms with Gasteiger partial charge in [0, 0.05) is 25.1 Å². The zero-order valence-electron chi connectivity index (χ0n) is 12.0. The molecule has 0 atom stereocenters. The summed E-state index contributed by atoms with van der Waals surface area (Å²) in [5, 5.41) is 0. The van der Waals surface area contributed by atoms with Gasteiger partial charge in [-0.1, -0.05) is 20.3 Å². The second-order valence-electron chi connectivity index (χ2n) is 3.78. The highest BCUT2D eigenvalue weighted by molar-refractivity contribution is 6.12. The van der Waals surface area contributed by atoms with E-state index in [0.717, 1.165) is 19.3 Å². The summed E-state index contributed by atoms with van der Waals surface area (Å²) in [6.07, 6.45) is 5.20. The van der Waals surface area contributed by atoms with Crippen molar-refractivity contribution in [3.63, 3.8) is 0 Å². The van der Waals surface area contributed by atoms with E-state index < -0.39 is 0 Å². The summed E-state index contributed by atoms with van der Waals surface area (Å²) in [6.45, 7) is 6.60. The van der Waals surface area contributed by atoms with Crippen molar-refractivity contribution in [3.8, 4) is 0 Å². The van der Waals surface area contributed by atoms with E-state index in [-0.39, 0.29) is 17.8 Å². The van der Waals surface area contributed by atoms with E-state index in [1.807, 2.05) is 13.8 Å². The minimum Gasteiger partial charge on any atom is -0.466 e. The molecule has 0 aromatic rings. The molecule has 0 aromatic carbocycles. The van der Waals surface area contributed by atoms with E-state index in [9.17, 15) is 14.4 Å². The van der Waals surface area contributed by atoms with Gasteiger partial charge in [-0.25, -0.2) is 0 Å². The first-order valence-electron chi connectivity index (χ1n) is 6.84. The molecule has 0 radical (unpaired) electrons. The number of carbonyl (C=O) groups excluding carboxylic acids is 3. The summed E-state index contributed by atoms with van der Waals surface area (Å²) in [5.41, 5.74) is 0. The fourth-order valence-corrected chi connectivity index (χ4v) is 1.60. The first-order chi connectivity index (χ1) is 9.15. The quantitative estimate of drug-likeness (QED) is 0.403. The topological polar surface area (TPSA) is 63.7 Å². The van der Waals surface area contributed by atoms with Crippen molar-refractivity contribution < 1.29 is 19.1 Å². The molecule has 0 aromatic heterocycles. The van der Waals surface area contributed by atoms with Gasteiger partial charge in [0.1, 0.15) is 0 Å². The van der Waals surface area contributed by atoms with E-state index in [4.69, 9.17) is 4.74 Å². The van der Waals surface area contributed by atoms with Crippen molar-refractivity contribution in [1.29, 1.82) is 0 Å². The standard InChI is InChI=1S/C12H17NO4.C2H6/c1-2-17-12(16)6-4-3-5-9-13-10(14)7-8-11(13)15;1-2/h7-8H,2-6,9H2,1H3;1-2H3. The third kappa shape index (κ3) is 6.74. The van der Waals surface area contributed by atoms with Crippen LogP contribution in [0.4, 0.5) is 0 Å². The highest BCUT2D eigenvalue weighted by Crippen LogP contribution is 2.07. The van der Waals surface area contributed by atoms with Crippen LogP contribution in [0.1, 0.15) is 46.5 Å². The summed E-state index contributed by atoms with van der Waals surface area (Å²) >= 11 is 0. The molecule has 0 unspecified atom stereocenters. The van der Waals surface area contributed by atoms with Gasteiger partial charge in [-0.15, -0.1) is 0 Å². The molecular formula is C14H23NO4. The smallest absolute Gasteiger partial charge is 0.305 e. The third-order valence-corrected chi connectivity index (χ3v) is 2.47. The molecule has 0 saturated heterocycles. The fourth-order valence-electron chi connectivity index (χ4n) is 1.60. The second-order valence-corrected chi connectivity index (χ2v) is 3.78. The molecule has 2 amide bonds. The molecule has 108 valence electrons. The van der Waals surface area contributed by atoms with E-state index in [1.54, 1.807) is 6.92 Å². The van der Waals surface area contributed by atoms with Crippen molar-refractivity contribution in [2.24, 2.45) is 0 Å². The number of hydrogen-bond donors (Lipinski definition) is 0. The van der Waals surface area contributed by atoms with Crippen LogP contribution in [0.5, 0.6) is 0 Å². The highest BCUT2D eigenvalue weighted by atomic mass is 16.5. The molecule has 0 saturated carbocycles. The van der Waals surface area contributed by atoms with Gasteiger partial charge < -0.3 is 4.74 Å². The van der Waals surface area contributed by atoms with Crippen LogP contribution in [0.25, 0.3) is 0 Å². The van der Waals surface area contributed by atoms with Crippen LogP contribution in [0.2, 0.25) is 0 Å². The van der Waals surface area contributed by atoms with E-state index in [0.29, 0.717) is 19.6 Å². The number of imide groups is 1. The van der Waals surface area contributed by atoms with Crippen molar-refractivity contribution >= 4 is 17.8 Å². The zero-order chi connectivity index (χ0) is 14.7. The average molecular weight is 269 g/mol. The summed E-state index contributed by atoms with van der Waals surface area (Å²) in [6, 6.07) is 0. The molecule has 1 heterocycles. The Kier molecular flexibility index (Phi) is 9.40. The molecule has 0 spiro atoms. The molecule has 1 aliphatic rings. The Morgan fingerprint density at radius 1 is 1.11 bits per heavy atom. The monoisotopic (exact) mass is 269 g/mol. The van der Waals surface area contributed by atoms with Gasteiger partial charge in [-0.05, 0) is 19.8 Å². The van der Waals surface area contributed by atoms with Gasteiger partial charge in [0.05, 0.1) is 6.61 Å². The van der Waals surface area contributed by atoms with Gasteiger partial charge in [0.2, 0.25) is 0 Å². The molecular weight excluding hydrogens is 246 g/mol. The molecule has 1 aliphatic heterocycles. The Bertz CT molecular complexity index is 318. The number of unbranched alkanes of at least 4 members (excludes halogenated alkanes) is 2. The summed E-state index contributed by atoms with van der Waals surface area (Å²) in [5.74, 6) is -0.691. The Balaban J connectivity index is 0.00000154. The maximum atomic E-state index is 11.2. The minimum atomic E-state index is -0.250. The first-order valence-corrected chi connectivity index (χ1v) is 6.84. The first kappa shape index (κ1) is 17.4. The number of rotatable bonds is 7. The molecule has 19 heavy (non-hydrogen) atoms. The lowest BCUT2D eigenvalue weighted by molar-refractivity contribution is -0.143. The fraction of sp³-hybridized carbons (Fsp3) is 0.643. The Morgan fingerprint density at radius 3 is 2.21 bits per heavy atom. The number of carbonyl (C=O) groups is 3. The number of nitrogens with zero attached hydrogens (tertiary/aromatic N) is 1. The third-order valence-electron chi connectivity index (χ3n) is 2.47. The molecule has 0 N–H and O–H groups in total. The lowest BCUT2D eigenvalue weighted by atomic mass is 10.2. The molecule has 0 aliphatic carbocycles. The van der Waals surface area contributed by atoms with Gasteiger partial charge >= 0.3 is 5.97 Å². The molecule has 5 heteroatoms. The number of amides is 2. The van der Waals surface area contributed by atoms with Crippen LogP contribution in [-0.2, 0) is 19.1 Å². The zero-order valence-corrected chi connectivity index (χ0v) is 12.0. The van der Waals surface area contributed by atoms with Crippen LogP contribution in [0.3, 0.4) is 0 Å².